The molecule has 1 heterocycles. The Bertz CT molecular complexity index is 883. The number of hydrogen-bond donors (Lipinski definition) is 2. The van der Waals surface area contributed by atoms with E-state index >= 15 is 0 Å². The zero-order chi connectivity index (χ0) is 23.3. The van der Waals surface area contributed by atoms with Gasteiger partial charge in [0.1, 0.15) is 11.6 Å². The number of aromatic hydroxyl groups is 1. The lowest BCUT2D eigenvalue weighted by atomic mass is 9.77. The summed E-state index contributed by atoms with van der Waals surface area (Å²) in [7, 11) is 0. The summed E-state index contributed by atoms with van der Waals surface area (Å²) in [5.41, 5.74) is 2.18. The van der Waals surface area contributed by atoms with Gasteiger partial charge in [0.15, 0.2) is 0 Å². The average Bonchev–Trinajstić information content (AvgIpc) is 2.76. The zero-order valence-electron chi connectivity index (χ0n) is 19.7. The molecule has 5 heteroatoms. The van der Waals surface area contributed by atoms with E-state index in [0.29, 0.717) is 42.4 Å². The van der Waals surface area contributed by atoms with Gasteiger partial charge in [-0.05, 0) is 79.5 Å². The van der Waals surface area contributed by atoms with Crippen LogP contribution in [-0.4, -0.2) is 41.1 Å². The monoisotopic (exact) mass is 440 g/mol. The molecule has 0 saturated carbocycles. The van der Waals surface area contributed by atoms with Crippen LogP contribution in [0.25, 0.3) is 0 Å². The van der Waals surface area contributed by atoms with Crippen LogP contribution in [0.1, 0.15) is 57.6 Å². The second kappa shape index (κ2) is 11.0. The molecule has 4 atom stereocenters. The van der Waals surface area contributed by atoms with E-state index in [1.54, 1.807) is 18.2 Å². The van der Waals surface area contributed by atoms with Crippen molar-refractivity contribution < 1.29 is 14.3 Å². The molecule has 1 unspecified atom stereocenters. The molecule has 2 aromatic rings. The van der Waals surface area contributed by atoms with Crippen LogP contribution in [0.3, 0.4) is 0 Å². The van der Waals surface area contributed by atoms with Gasteiger partial charge in [-0.3, -0.25) is 9.69 Å². The van der Waals surface area contributed by atoms with Crippen LogP contribution in [0.5, 0.6) is 5.75 Å². The number of piperidine rings is 1. The van der Waals surface area contributed by atoms with Gasteiger partial charge in [-0.25, -0.2) is 4.39 Å². The van der Waals surface area contributed by atoms with Gasteiger partial charge >= 0.3 is 0 Å². The molecule has 4 nitrogen and oxygen atoms in total. The number of amides is 1. The quantitative estimate of drug-likeness (QED) is 0.599. The molecule has 0 spiro atoms. The first-order chi connectivity index (χ1) is 15.2. The number of rotatable bonds is 8. The number of carbonyl (C=O) groups is 1. The van der Waals surface area contributed by atoms with Crippen molar-refractivity contribution in [2.24, 2.45) is 11.8 Å². The number of aryl methyl sites for hydroxylation is 1. The highest BCUT2D eigenvalue weighted by Gasteiger charge is 2.34. The Labute approximate surface area is 191 Å². The van der Waals surface area contributed by atoms with E-state index in [0.717, 1.165) is 25.1 Å². The molecule has 0 aliphatic carbocycles. The number of nitrogens with one attached hydrogen (secondary N) is 1. The lowest BCUT2D eigenvalue weighted by Gasteiger charge is -2.44. The maximum atomic E-state index is 13.1. The Balaban J connectivity index is 1.56. The Hall–Kier alpha value is -2.40. The van der Waals surface area contributed by atoms with Gasteiger partial charge in [0.2, 0.25) is 5.91 Å². The van der Waals surface area contributed by atoms with E-state index in [9.17, 15) is 14.3 Å². The number of hydrogen-bond acceptors (Lipinski definition) is 3. The highest BCUT2D eigenvalue weighted by molar-refractivity contribution is 5.76. The summed E-state index contributed by atoms with van der Waals surface area (Å²) >= 11 is 0. The molecule has 3 rings (SSSR count). The van der Waals surface area contributed by atoms with E-state index in [4.69, 9.17) is 0 Å². The Morgan fingerprint density at radius 3 is 2.56 bits per heavy atom. The van der Waals surface area contributed by atoms with Gasteiger partial charge in [0, 0.05) is 25.0 Å². The highest BCUT2D eigenvalue weighted by Crippen LogP contribution is 2.37. The number of halogens is 1. The van der Waals surface area contributed by atoms with Gasteiger partial charge in [-0.15, -0.1) is 0 Å². The van der Waals surface area contributed by atoms with Crippen LogP contribution in [0.15, 0.2) is 48.5 Å². The number of nitrogens with zero attached hydrogens (tertiary/aromatic N) is 1. The van der Waals surface area contributed by atoms with Crippen molar-refractivity contribution in [2.45, 2.75) is 65.0 Å². The third-order valence-corrected chi connectivity index (χ3v) is 7.13. The molecule has 1 aliphatic rings. The maximum Gasteiger partial charge on any atom is 0.220 e. The summed E-state index contributed by atoms with van der Waals surface area (Å²) in [6, 6.07) is 14.5. The summed E-state index contributed by atoms with van der Waals surface area (Å²) in [4.78, 5) is 15.1. The van der Waals surface area contributed by atoms with Crippen molar-refractivity contribution >= 4 is 5.91 Å². The number of benzene rings is 2. The van der Waals surface area contributed by atoms with Gasteiger partial charge in [-0.2, -0.15) is 0 Å². The smallest absolute Gasteiger partial charge is 0.220 e. The minimum atomic E-state index is -0.255. The van der Waals surface area contributed by atoms with Crippen LogP contribution < -0.4 is 5.32 Å². The molecule has 32 heavy (non-hydrogen) atoms. The Kier molecular flexibility index (Phi) is 8.30. The van der Waals surface area contributed by atoms with E-state index in [2.05, 4.69) is 44.0 Å². The molecular formula is C27H37FN2O2. The maximum absolute atomic E-state index is 13.1. The molecule has 174 valence electrons. The summed E-state index contributed by atoms with van der Waals surface area (Å²) in [6.07, 6.45) is 2.05. The third-order valence-electron chi connectivity index (χ3n) is 7.13. The normalized spacial score (nSPS) is 22.6. The number of carbonyl (C=O) groups excluding carboxylic acids is 1. The van der Waals surface area contributed by atoms with Crippen molar-refractivity contribution in [3.05, 3.63) is 65.5 Å². The van der Waals surface area contributed by atoms with E-state index < -0.39 is 0 Å². The van der Waals surface area contributed by atoms with Gasteiger partial charge in [-0.1, -0.05) is 45.0 Å². The molecule has 1 amide bonds. The minimum Gasteiger partial charge on any atom is -0.508 e. The SMILES string of the molecule is CC(C)[C@@H](CN1CC[C@@H](c2cccc(O)c2)[C@@H](C)C1C)NC(=O)CCc1ccc(F)cc1. The van der Waals surface area contributed by atoms with Crippen LogP contribution in [0, 0.1) is 17.7 Å². The standard InChI is InChI=1S/C27H37FN2O2/c1-18(2)26(29-27(32)13-10-21-8-11-23(28)12-9-21)17-30-15-14-25(19(3)20(30)4)22-6-5-7-24(31)16-22/h5-9,11-12,16,18-20,25-26,31H,10,13-15,17H2,1-4H3,(H,29,32)/t19-,20?,25+,26+/m0/s1. The lowest BCUT2D eigenvalue weighted by Crippen LogP contribution is -2.53. The second-order valence-corrected chi connectivity index (χ2v) is 9.63. The van der Waals surface area contributed by atoms with Gasteiger partial charge < -0.3 is 10.4 Å². The molecule has 1 fully saturated rings. The number of phenols is 1. The third kappa shape index (κ3) is 6.32. The number of phenolic OH excluding ortho intramolecular Hbond substituents is 1. The van der Waals surface area contributed by atoms with Crippen LogP contribution in [0.4, 0.5) is 4.39 Å². The van der Waals surface area contributed by atoms with Gasteiger partial charge in [0.05, 0.1) is 0 Å². The second-order valence-electron chi connectivity index (χ2n) is 9.63. The lowest BCUT2D eigenvalue weighted by molar-refractivity contribution is -0.122. The van der Waals surface area contributed by atoms with Crippen molar-refractivity contribution in [2.75, 3.05) is 13.1 Å². The van der Waals surface area contributed by atoms with Crippen LogP contribution in [-0.2, 0) is 11.2 Å². The van der Waals surface area contributed by atoms with Crippen molar-refractivity contribution in [3.8, 4) is 5.75 Å². The molecule has 2 aromatic carbocycles. The van der Waals surface area contributed by atoms with Crippen molar-refractivity contribution in [1.82, 2.24) is 10.2 Å². The van der Waals surface area contributed by atoms with Crippen molar-refractivity contribution in [1.29, 1.82) is 0 Å². The predicted molar refractivity (Wildman–Crippen MR) is 127 cm³/mol. The van der Waals surface area contributed by atoms with E-state index in [1.807, 2.05) is 12.1 Å². The predicted octanol–water partition coefficient (Wildman–Crippen LogP) is 5.12. The molecular weight excluding hydrogens is 403 g/mol. The van der Waals surface area contributed by atoms with Crippen LogP contribution in [0.2, 0.25) is 0 Å². The summed E-state index contributed by atoms with van der Waals surface area (Å²) in [5.74, 6) is 1.32. The molecule has 2 N–H and O–H groups in total. The topological polar surface area (TPSA) is 52.6 Å². The van der Waals surface area contributed by atoms with E-state index in [-0.39, 0.29) is 17.8 Å². The average molecular weight is 441 g/mol. The fourth-order valence-corrected chi connectivity index (χ4v) is 4.79. The first kappa shape index (κ1) is 24.2. The molecule has 0 bridgehead atoms. The summed E-state index contributed by atoms with van der Waals surface area (Å²) in [6.45, 7) is 10.7. The fraction of sp³-hybridized carbons (Fsp3) is 0.519. The summed E-state index contributed by atoms with van der Waals surface area (Å²) in [5, 5.41) is 13.1. The fourth-order valence-electron chi connectivity index (χ4n) is 4.79. The first-order valence-corrected chi connectivity index (χ1v) is 11.8. The van der Waals surface area contributed by atoms with Crippen molar-refractivity contribution in [3.63, 3.8) is 0 Å². The molecule has 0 aromatic heterocycles. The molecule has 1 saturated heterocycles. The Morgan fingerprint density at radius 1 is 1.19 bits per heavy atom. The zero-order valence-corrected chi connectivity index (χ0v) is 19.7. The molecule has 0 radical (unpaired) electrons. The first-order valence-electron chi connectivity index (χ1n) is 11.8. The van der Waals surface area contributed by atoms with E-state index in [1.165, 1.54) is 17.7 Å². The largest absolute Gasteiger partial charge is 0.508 e. The minimum absolute atomic E-state index is 0.0448. The Morgan fingerprint density at radius 2 is 1.91 bits per heavy atom. The van der Waals surface area contributed by atoms with Gasteiger partial charge in [0.25, 0.3) is 0 Å². The molecule has 1 aliphatic heterocycles. The van der Waals surface area contributed by atoms with Crippen LogP contribution >= 0.6 is 0 Å². The highest BCUT2D eigenvalue weighted by atomic mass is 19.1. The number of likely N-dealkylation sites (tertiary alicyclic amines) is 1. The summed E-state index contributed by atoms with van der Waals surface area (Å²) < 4.78 is 13.1.